The van der Waals surface area contributed by atoms with Crippen molar-refractivity contribution in [3.05, 3.63) is 12.1 Å². The molecule has 0 amide bonds. The van der Waals surface area contributed by atoms with Crippen LogP contribution in [-0.4, -0.2) is 27.3 Å². The lowest BCUT2D eigenvalue weighted by Crippen LogP contribution is -2.27. The predicted molar refractivity (Wildman–Crippen MR) is 78.1 cm³/mol. The Kier molecular flexibility index (Phi) is 4.54. The van der Waals surface area contributed by atoms with Crippen molar-refractivity contribution in [3.63, 3.8) is 0 Å². The number of sulfone groups is 2. The standard InChI is InChI=1S/C12H20O4S3/c1-9(2)8-18(13,14)10-6-7-11(17-10)19(15,16)12(3,4)5/h6-7,9H,8H2,1-5H3. The highest BCUT2D eigenvalue weighted by Crippen LogP contribution is 2.33. The molecule has 1 aromatic heterocycles. The van der Waals surface area contributed by atoms with Gasteiger partial charge in [-0.3, -0.25) is 0 Å². The van der Waals surface area contributed by atoms with Crippen molar-refractivity contribution >= 4 is 31.0 Å². The van der Waals surface area contributed by atoms with Gasteiger partial charge in [-0.05, 0) is 38.8 Å². The number of thiophene rings is 1. The third-order valence-corrected chi connectivity index (χ3v) is 9.21. The maximum Gasteiger partial charge on any atom is 0.192 e. The lowest BCUT2D eigenvalue weighted by atomic mass is 10.3. The van der Waals surface area contributed by atoms with E-state index in [-0.39, 0.29) is 20.1 Å². The average Bonchev–Trinajstić information content (AvgIpc) is 2.62. The fourth-order valence-corrected chi connectivity index (χ4v) is 6.67. The second kappa shape index (κ2) is 5.18. The van der Waals surface area contributed by atoms with Crippen molar-refractivity contribution in [1.29, 1.82) is 0 Å². The lowest BCUT2D eigenvalue weighted by Gasteiger charge is -2.17. The van der Waals surface area contributed by atoms with Crippen LogP contribution in [0.5, 0.6) is 0 Å². The molecule has 0 aliphatic rings. The van der Waals surface area contributed by atoms with Gasteiger partial charge in [0.25, 0.3) is 0 Å². The van der Waals surface area contributed by atoms with Crippen LogP contribution in [0.2, 0.25) is 0 Å². The summed E-state index contributed by atoms with van der Waals surface area (Å²) in [6.45, 7) is 8.44. The highest BCUT2D eigenvalue weighted by atomic mass is 32.3. The van der Waals surface area contributed by atoms with Crippen LogP contribution >= 0.6 is 11.3 Å². The largest absolute Gasteiger partial charge is 0.223 e. The van der Waals surface area contributed by atoms with Gasteiger partial charge in [0.05, 0.1) is 10.5 Å². The second-order valence-electron chi connectivity index (χ2n) is 5.86. The van der Waals surface area contributed by atoms with Gasteiger partial charge in [0.2, 0.25) is 0 Å². The molecular formula is C12H20O4S3. The van der Waals surface area contributed by atoms with E-state index in [0.717, 1.165) is 11.3 Å². The molecular weight excluding hydrogens is 304 g/mol. The SMILES string of the molecule is CC(C)CS(=O)(=O)c1ccc(S(=O)(=O)C(C)(C)C)s1. The average molecular weight is 324 g/mol. The Hall–Kier alpha value is -0.400. The number of hydrogen-bond acceptors (Lipinski definition) is 5. The summed E-state index contributed by atoms with van der Waals surface area (Å²) in [5.74, 6) is 0.0393. The van der Waals surface area contributed by atoms with Gasteiger partial charge in [-0.2, -0.15) is 0 Å². The Morgan fingerprint density at radius 1 is 1.05 bits per heavy atom. The smallest absolute Gasteiger partial charge is 0.192 e. The van der Waals surface area contributed by atoms with Crippen molar-refractivity contribution in [1.82, 2.24) is 0 Å². The number of hydrogen-bond donors (Lipinski definition) is 0. The minimum absolute atomic E-state index is 0.00905. The van der Waals surface area contributed by atoms with Crippen LogP contribution in [0.25, 0.3) is 0 Å². The van der Waals surface area contributed by atoms with Crippen LogP contribution in [0.15, 0.2) is 20.6 Å². The van der Waals surface area contributed by atoms with Crippen molar-refractivity contribution in [2.24, 2.45) is 5.92 Å². The van der Waals surface area contributed by atoms with Gasteiger partial charge in [0.1, 0.15) is 8.42 Å². The zero-order valence-electron chi connectivity index (χ0n) is 11.8. The summed E-state index contributed by atoms with van der Waals surface area (Å²) >= 11 is 0.840. The molecule has 0 aliphatic heterocycles. The molecule has 0 aromatic carbocycles. The van der Waals surface area contributed by atoms with E-state index < -0.39 is 24.4 Å². The Morgan fingerprint density at radius 3 is 1.95 bits per heavy atom. The van der Waals surface area contributed by atoms with E-state index >= 15 is 0 Å². The quantitative estimate of drug-likeness (QED) is 0.854. The van der Waals surface area contributed by atoms with Gasteiger partial charge in [-0.1, -0.05) is 13.8 Å². The summed E-state index contributed by atoms with van der Waals surface area (Å²) in [5.41, 5.74) is 0. The summed E-state index contributed by atoms with van der Waals surface area (Å²) in [5, 5.41) is 0. The van der Waals surface area contributed by atoms with Crippen molar-refractivity contribution in [2.75, 3.05) is 5.75 Å². The molecule has 0 unspecified atom stereocenters. The molecule has 0 saturated heterocycles. The lowest BCUT2D eigenvalue weighted by molar-refractivity contribution is 0.562. The Bertz CT molecular complexity index is 643. The van der Waals surface area contributed by atoms with Gasteiger partial charge >= 0.3 is 0 Å². The summed E-state index contributed by atoms with van der Waals surface area (Å²) in [7, 11) is -6.88. The molecule has 0 bridgehead atoms. The van der Waals surface area contributed by atoms with E-state index in [1.54, 1.807) is 20.8 Å². The maximum atomic E-state index is 12.2. The van der Waals surface area contributed by atoms with Gasteiger partial charge < -0.3 is 0 Å². The summed E-state index contributed by atoms with van der Waals surface area (Å²) in [6.07, 6.45) is 0. The molecule has 0 radical (unpaired) electrons. The molecule has 0 fully saturated rings. The van der Waals surface area contributed by atoms with Crippen LogP contribution in [0.3, 0.4) is 0 Å². The van der Waals surface area contributed by atoms with Crippen LogP contribution in [0, 0.1) is 5.92 Å². The highest BCUT2D eigenvalue weighted by molar-refractivity contribution is 7.96. The number of rotatable bonds is 4. The third-order valence-electron chi connectivity index (χ3n) is 2.49. The summed E-state index contributed by atoms with van der Waals surface area (Å²) in [6, 6.07) is 2.78. The molecule has 4 nitrogen and oxygen atoms in total. The van der Waals surface area contributed by atoms with Crippen LogP contribution in [0.4, 0.5) is 0 Å². The minimum atomic E-state index is -3.49. The van der Waals surface area contributed by atoms with E-state index in [2.05, 4.69) is 0 Å². The molecule has 1 rings (SSSR count). The Morgan fingerprint density at radius 2 is 1.53 bits per heavy atom. The van der Waals surface area contributed by atoms with Crippen molar-refractivity contribution < 1.29 is 16.8 Å². The molecule has 1 aromatic rings. The van der Waals surface area contributed by atoms with Gasteiger partial charge in [-0.25, -0.2) is 16.8 Å². The first kappa shape index (κ1) is 16.7. The molecule has 7 heteroatoms. The minimum Gasteiger partial charge on any atom is -0.223 e. The van der Waals surface area contributed by atoms with E-state index in [4.69, 9.17) is 0 Å². The monoisotopic (exact) mass is 324 g/mol. The molecule has 0 atom stereocenters. The first-order valence-corrected chi connectivity index (χ1v) is 9.90. The van der Waals surface area contributed by atoms with Crippen LogP contribution < -0.4 is 0 Å². The highest BCUT2D eigenvalue weighted by Gasteiger charge is 2.33. The van der Waals surface area contributed by atoms with E-state index in [1.165, 1.54) is 12.1 Å². The Labute approximate surface area is 119 Å². The predicted octanol–water partition coefficient (Wildman–Crippen LogP) is 2.75. The summed E-state index contributed by atoms with van der Waals surface area (Å²) in [4.78, 5) is 0. The zero-order chi connectivity index (χ0) is 15.1. The van der Waals surface area contributed by atoms with Gasteiger partial charge in [-0.15, -0.1) is 11.3 Å². The molecule has 0 N–H and O–H groups in total. The molecule has 0 spiro atoms. The molecule has 0 saturated carbocycles. The molecule has 19 heavy (non-hydrogen) atoms. The third kappa shape index (κ3) is 3.58. The molecule has 1 heterocycles. The van der Waals surface area contributed by atoms with E-state index in [1.807, 2.05) is 13.8 Å². The first-order valence-electron chi connectivity index (χ1n) is 5.95. The van der Waals surface area contributed by atoms with E-state index in [0.29, 0.717) is 0 Å². The molecule has 0 aliphatic carbocycles. The van der Waals surface area contributed by atoms with Crippen LogP contribution in [0.1, 0.15) is 34.6 Å². The first-order chi connectivity index (χ1) is 8.38. The normalized spacial score (nSPS) is 14.0. The van der Waals surface area contributed by atoms with Gasteiger partial charge in [0.15, 0.2) is 19.7 Å². The Balaban J connectivity index is 3.23. The van der Waals surface area contributed by atoms with Crippen molar-refractivity contribution in [2.45, 2.75) is 47.8 Å². The van der Waals surface area contributed by atoms with Crippen molar-refractivity contribution in [3.8, 4) is 0 Å². The topological polar surface area (TPSA) is 68.3 Å². The fraction of sp³-hybridized carbons (Fsp3) is 0.667. The van der Waals surface area contributed by atoms with Crippen LogP contribution in [-0.2, 0) is 19.7 Å². The zero-order valence-corrected chi connectivity index (χ0v) is 14.2. The second-order valence-corrected chi connectivity index (χ2v) is 12.1. The molecule has 110 valence electrons. The van der Waals surface area contributed by atoms with Gasteiger partial charge in [0, 0.05) is 0 Å². The fourth-order valence-electron chi connectivity index (χ4n) is 1.44. The maximum absolute atomic E-state index is 12.2. The summed E-state index contributed by atoms with van der Waals surface area (Å²) < 4.78 is 47.9. The van der Waals surface area contributed by atoms with E-state index in [9.17, 15) is 16.8 Å².